The number of epoxide rings is 1. The van der Waals surface area contributed by atoms with Gasteiger partial charge in [-0.25, -0.2) is 0 Å². The third-order valence-corrected chi connectivity index (χ3v) is 8.22. The number of hydrogen-bond acceptors (Lipinski definition) is 2. The van der Waals surface area contributed by atoms with Gasteiger partial charge in [0.25, 0.3) is 0 Å². The van der Waals surface area contributed by atoms with E-state index >= 15 is 0 Å². The van der Waals surface area contributed by atoms with Gasteiger partial charge in [-0.1, -0.05) is 42.0 Å². The second-order valence-corrected chi connectivity index (χ2v) is 9.62. The Morgan fingerprint density at radius 3 is 2.68 bits per heavy atom. The van der Waals surface area contributed by atoms with Crippen LogP contribution in [0.3, 0.4) is 0 Å². The van der Waals surface area contributed by atoms with Crippen LogP contribution in [0.4, 0.5) is 0 Å². The fourth-order valence-corrected chi connectivity index (χ4v) is 6.93. The van der Waals surface area contributed by atoms with Crippen LogP contribution in [0.2, 0.25) is 0 Å². The highest BCUT2D eigenvalue weighted by Crippen LogP contribution is 2.68. The SMILES string of the molecule is C=C(C)c1ccc(C2CC34OC3CCC4C3CCC4=CC(=O)CCC4=C23)cc1. The van der Waals surface area contributed by atoms with Crippen molar-refractivity contribution in [1.29, 1.82) is 0 Å². The number of ketones is 1. The average Bonchev–Trinajstić information content (AvgIpc) is 3.27. The summed E-state index contributed by atoms with van der Waals surface area (Å²) in [5.41, 5.74) is 8.45. The lowest BCUT2D eigenvalue weighted by Gasteiger charge is -2.46. The molecular weight excluding hydrogens is 344 g/mol. The quantitative estimate of drug-likeness (QED) is 0.619. The van der Waals surface area contributed by atoms with Crippen molar-refractivity contribution in [2.45, 2.75) is 69.5 Å². The summed E-state index contributed by atoms with van der Waals surface area (Å²) in [4.78, 5) is 12.0. The van der Waals surface area contributed by atoms with Gasteiger partial charge >= 0.3 is 0 Å². The molecule has 1 heterocycles. The molecule has 0 N–H and O–H groups in total. The Bertz CT molecular complexity index is 947. The normalized spacial score (nSPS) is 38.2. The van der Waals surface area contributed by atoms with E-state index in [-0.39, 0.29) is 5.60 Å². The predicted octanol–water partition coefficient (Wildman–Crippen LogP) is 5.75. The van der Waals surface area contributed by atoms with Crippen molar-refractivity contribution < 1.29 is 9.53 Å². The van der Waals surface area contributed by atoms with E-state index in [1.54, 1.807) is 5.57 Å². The molecule has 5 unspecified atom stereocenters. The van der Waals surface area contributed by atoms with E-state index < -0.39 is 0 Å². The summed E-state index contributed by atoms with van der Waals surface area (Å²) < 4.78 is 6.35. The fraction of sp³-hybridized carbons (Fsp3) is 0.500. The van der Waals surface area contributed by atoms with E-state index in [1.807, 2.05) is 6.08 Å². The zero-order chi connectivity index (χ0) is 19.0. The Labute approximate surface area is 167 Å². The Kier molecular flexibility index (Phi) is 3.51. The maximum absolute atomic E-state index is 12.0. The second-order valence-electron chi connectivity index (χ2n) is 9.62. The van der Waals surface area contributed by atoms with Gasteiger partial charge in [-0.3, -0.25) is 4.79 Å². The van der Waals surface area contributed by atoms with Crippen molar-refractivity contribution >= 4 is 11.4 Å². The Balaban J connectivity index is 1.49. The molecule has 28 heavy (non-hydrogen) atoms. The highest BCUT2D eigenvalue weighted by molar-refractivity contribution is 5.93. The number of hydrogen-bond donors (Lipinski definition) is 0. The molecule has 0 radical (unpaired) electrons. The summed E-state index contributed by atoms with van der Waals surface area (Å²) in [6.07, 6.45) is 10.1. The summed E-state index contributed by atoms with van der Waals surface area (Å²) in [5, 5.41) is 0. The lowest BCUT2D eigenvalue weighted by Crippen LogP contribution is -2.41. The Morgan fingerprint density at radius 1 is 1.11 bits per heavy atom. The van der Waals surface area contributed by atoms with Gasteiger partial charge in [0.15, 0.2) is 5.78 Å². The zero-order valence-electron chi connectivity index (χ0n) is 16.7. The molecule has 3 fully saturated rings. The third kappa shape index (κ3) is 2.27. The van der Waals surface area contributed by atoms with Gasteiger partial charge in [0.05, 0.1) is 11.7 Å². The van der Waals surface area contributed by atoms with Crippen molar-refractivity contribution in [2.75, 3.05) is 0 Å². The first-order valence-corrected chi connectivity index (χ1v) is 11.0. The Hall–Kier alpha value is -1.93. The summed E-state index contributed by atoms with van der Waals surface area (Å²) in [6, 6.07) is 9.08. The first kappa shape index (κ1) is 17.0. The summed E-state index contributed by atoms with van der Waals surface area (Å²) in [5.74, 6) is 2.10. The molecule has 6 rings (SSSR count). The van der Waals surface area contributed by atoms with E-state index in [4.69, 9.17) is 4.74 Å². The van der Waals surface area contributed by atoms with E-state index in [1.165, 1.54) is 41.5 Å². The van der Waals surface area contributed by atoms with Gasteiger partial charge in [-0.2, -0.15) is 0 Å². The molecule has 1 spiro atoms. The maximum Gasteiger partial charge on any atom is 0.156 e. The molecule has 5 atom stereocenters. The first-order valence-electron chi connectivity index (χ1n) is 11.0. The van der Waals surface area contributed by atoms with Crippen molar-refractivity contribution in [2.24, 2.45) is 11.8 Å². The molecule has 1 saturated heterocycles. The van der Waals surface area contributed by atoms with Crippen LogP contribution in [0, 0.1) is 11.8 Å². The van der Waals surface area contributed by atoms with E-state index in [0.29, 0.717) is 36.1 Å². The van der Waals surface area contributed by atoms with Crippen LogP contribution in [0.5, 0.6) is 0 Å². The molecular formula is C26H28O2. The molecule has 0 aromatic heterocycles. The number of fused-ring (bicyclic) bond motifs is 3. The third-order valence-electron chi connectivity index (χ3n) is 8.22. The summed E-state index contributed by atoms with van der Waals surface area (Å²) >= 11 is 0. The molecule has 1 aromatic rings. The highest BCUT2D eigenvalue weighted by Gasteiger charge is 2.70. The van der Waals surface area contributed by atoms with Crippen LogP contribution in [0.1, 0.15) is 68.9 Å². The fourth-order valence-electron chi connectivity index (χ4n) is 6.93. The van der Waals surface area contributed by atoms with Gasteiger partial charge in [-0.15, -0.1) is 0 Å². The second kappa shape index (κ2) is 5.79. The van der Waals surface area contributed by atoms with E-state index in [9.17, 15) is 4.79 Å². The monoisotopic (exact) mass is 372 g/mol. The van der Waals surface area contributed by atoms with Crippen molar-refractivity contribution in [3.63, 3.8) is 0 Å². The molecule has 5 aliphatic rings. The van der Waals surface area contributed by atoms with Crippen molar-refractivity contribution in [3.8, 4) is 0 Å². The van der Waals surface area contributed by atoms with Crippen LogP contribution >= 0.6 is 0 Å². The van der Waals surface area contributed by atoms with E-state index in [0.717, 1.165) is 24.8 Å². The summed E-state index contributed by atoms with van der Waals surface area (Å²) in [7, 11) is 0. The van der Waals surface area contributed by atoms with Crippen molar-refractivity contribution in [1.82, 2.24) is 0 Å². The molecule has 2 heteroatoms. The van der Waals surface area contributed by atoms with Gasteiger partial charge in [0.2, 0.25) is 0 Å². The molecule has 1 aromatic carbocycles. The van der Waals surface area contributed by atoms with Gasteiger partial charge in [0, 0.05) is 12.3 Å². The zero-order valence-corrected chi connectivity index (χ0v) is 16.7. The van der Waals surface area contributed by atoms with Crippen molar-refractivity contribution in [3.05, 3.63) is 64.8 Å². The molecule has 2 saturated carbocycles. The number of allylic oxidation sites excluding steroid dienone is 5. The minimum atomic E-state index is 0.151. The number of carbonyl (C=O) groups excluding carboxylic acids is 1. The Morgan fingerprint density at radius 2 is 1.93 bits per heavy atom. The average molecular weight is 373 g/mol. The minimum absolute atomic E-state index is 0.151. The molecule has 4 aliphatic carbocycles. The maximum atomic E-state index is 12.0. The lowest BCUT2D eigenvalue weighted by atomic mass is 9.58. The number of benzene rings is 1. The van der Waals surface area contributed by atoms with Crippen LogP contribution in [0.15, 0.2) is 53.6 Å². The van der Waals surface area contributed by atoms with E-state index in [2.05, 4.69) is 37.8 Å². The lowest BCUT2D eigenvalue weighted by molar-refractivity contribution is -0.114. The summed E-state index contributed by atoms with van der Waals surface area (Å²) in [6.45, 7) is 6.15. The van der Waals surface area contributed by atoms with Crippen LogP contribution in [-0.2, 0) is 9.53 Å². The molecule has 1 aliphatic heterocycles. The molecule has 0 amide bonds. The van der Waals surface area contributed by atoms with Gasteiger partial charge in [0.1, 0.15) is 0 Å². The van der Waals surface area contributed by atoms with Crippen LogP contribution in [-0.4, -0.2) is 17.5 Å². The molecule has 0 bridgehead atoms. The standard InChI is InChI=1S/C26H28O2/c1-15(2)16-3-5-17(6-4-16)22-14-26-23(11-12-24(26)28-26)21-9-7-18-13-19(27)8-10-20(18)25(21)22/h3-6,13,21-24H,1,7-12,14H2,2H3. The topological polar surface area (TPSA) is 29.6 Å². The predicted molar refractivity (Wildman–Crippen MR) is 111 cm³/mol. The first-order chi connectivity index (χ1) is 13.6. The number of ether oxygens (including phenoxy) is 1. The highest BCUT2D eigenvalue weighted by atomic mass is 16.6. The largest absolute Gasteiger partial charge is 0.366 e. The number of rotatable bonds is 2. The smallest absolute Gasteiger partial charge is 0.156 e. The van der Waals surface area contributed by atoms with Crippen LogP contribution < -0.4 is 0 Å². The van der Waals surface area contributed by atoms with Gasteiger partial charge in [-0.05, 0) is 85.6 Å². The minimum Gasteiger partial charge on any atom is -0.366 e. The molecule has 144 valence electrons. The van der Waals surface area contributed by atoms with Gasteiger partial charge < -0.3 is 4.74 Å². The van der Waals surface area contributed by atoms with Crippen LogP contribution in [0.25, 0.3) is 5.57 Å². The number of carbonyl (C=O) groups is 1. The molecule has 2 nitrogen and oxygen atoms in total.